The zero-order valence-corrected chi connectivity index (χ0v) is 23.5. The number of aryl methyl sites for hydroxylation is 2. The molecule has 1 N–H and O–H groups in total. The first-order valence-corrected chi connectivity index (χ1v) is 15.3. The SMILES string of the molecule is C=CCn1c(SCC(=O)Nc2ccc(-c3nc4ccc(C)cc4s3)cc2)nnc1-c1csc2c1CCCC2. The van der Waals surface area contributed by atoms with Gasteiger partial charge >= 0.3 is 0 Å². The number of aromatic nitrogens is 4. The number of hydrogen-bond donors (Lipinski definition) is 1. The third-order valence-electron chi connectivity index (χ3n) is 6.62. The molecule has 0 atom stereocenters. The summed E-state index contributed by atoms with van der Waals surface area (Å²) in [5.74, 6) is 1.03. The molecule has 5 aromatic rings. The lowest BCUT2D eigenvalue weighted by Crippen LogP contribution is -2.14. The van der Waals surface area contributed by atoms with Crippen molar-refractivity contribution >= 4 is 56.2 Å². The molecule has 6 nitrogen and oxygen atoms in total. The van der Waals surface area contributed by atoms with Crippen LogP contribution in [0.4, 0.5) is 5.69 Å². The Hall–Kier alpha value is -3.27. The monoisotopic (exact) mass is 557 g/mol. The smallest absolute Gasteiger partial charge is 0.234 e. The molecule has 2 aromatic carbocycles. The Bertz CT molecular complexity index is 1630. The number of carbonyl (C=O) groups excluding carboxylic acids is 1. The Morgan fingerprint density at radius 1 is 1.16 bits per heavy atom. The number of amides is 1. The van der Waals surface area contributed by atoms with Gasteiger partial charge in [0.2, 0.25) is 5.91 Å². The second kappa shape index (κ2) is 10.8. The quantitative estimate of drug-likeness (QED) is 0.159. The molecule has 6 rings (SSSR count). The van der Waals surface area contributed by atoms with E-state index >= 15 is 0 Å². The highest BCUT2D eigenvalue weighted by Gasteiger charge is 2.22. The minimum absolute atomic E-state index is 0.0826. The van der Waals surface area contributed by atoms with Gasteiger partial charge < -0.3 is 5.32 Å². The maximum Gasteiger partial charge on any atom is 0.234 e. The standard InChI is InChI=1S/C29H27N5OS3/c1-3-14-34-27(22-16-36-24-7-5-4-6-21(22)24)32-33-29(34)37-17-26(35)30-20-11-9-19(10-12-20)28-31-23-13-8-18(2)15-25(23)38-28/h3,8-13,15-16H,1,4-7,14,17H2,2H3,(H,30,35). The van der Waals surface area contributed by atoms with Gasteiger partial charge in [0.15, 0.2) is 11.0 Å². The van der Waals surface area contributed by atoms with Crippen molar-refractivity contribution in [1.29, 1.82) is 0 Å². The Kier molecular flexibility index (Phi) is 7.14. The van der Waals surface area contributed by atoms with Gasteiger partial charge in [-0.15, -0.1) is 39.4 Å². The molecule has 1 amide bonds. The van der Waals surface area contributed by atoms with Crippen LogP contribution >= 0.6 is 34.4 Å². The van der Waals surface area contributed by atoms with Crippen molar-refractivity contribution in [3.8, 4) is 22.0 Å². The van der Waals surface area contributed by atoms with E-state index in [4.69, 9.17) is 4.98 Å². The van der Waals surface area contributed by atoms with Gasteiger partial charge in [0.25, 0.3) is 0 Å². The molecule has 0 saturated heterocycles. The second-order valence-electron chi connectivity index (χ2n) is 9.37. The molecular weight excluding hydrogens is 531 g/mol. The summed E-state index contributed by atoms with van der Waals surface area (Å²) in [5, 5.41) is 15.9. The number of rotatable bonds is 8. The van der Waals surface area contributed by atoms with Crippen LogP contribution in [0.5, 0.6) is 0 Å². The molecule has 0 saturated carbocycles. The number of nitrogens with zero attached hydrogens (tertiary/aromatic N) is 4. The van der Waals surface area contributed by atoms with Gasteiger partial charge in [-0.25, -0.2) is 4.98 Å². The summed E-state index contributed by atoms with van der Waals surface area (Å²) >= 11 is 4.90. The summed E-state index contributed by atoms with van der Waals surface area (Å²) in [5.41, 5.74) is 6.63. The Morgan fingerprint density at radius 2 is 2.00 bits per heavy atom. The number of nitrogens with one attached hydrogen (secondary N) is 1. The largest absolute Gasteiger partial charge is 0.325 e. The maximum atomic E-state index is 12.8. The molecule has 3 heterocycles. The predicted octanol–water partition coefficient (Wildman–Crippen LogP) is 7.39. The van der Waals surface area contributed by atoms with Crippen LogP contribution in [-0.4, -0.2) is 31.4 Å². The summed E-state index contributed by atoms with van der Waals surface area (Å²) in [4.78, 5) is 19.0. The highest BCUT2D eigenvalue weighted by molar-refractivity contribution is 7.99. The number of allylic oxidation sites excluding steroid dienone is 1. The first-order valence-electron chi connectivity index (χ1n) is 12.6. The van der Waals surface area contributed by atoms with Gasteiger partial charge in [-0.1, -0.05) is 23.9 Å². The molecule has 38 heavy (non-hydrogen) atoms. The van der Waals surface area contributed by atoms with Crippen LogP contribution in [0.15, 0.2) is 65.7 Å². The fourth-order valence-electron chi connectivity index (χ4n) is 4.75. The summed E-state index contributed by atoms with van der Waals surface area (Å²) in [6, 6.07) is 14.2. The number of benzene rings is 2. The van der Waals surface area contributed by atoms with Gasteiger partial charge in [0, 0.05) is 33.6 Å². The van der Waals surface area contributed by atoms with Crippen molar-refractivity contribution in [3.63, 3.8) is 0 Å². The van der Waals surface area contributed by atoms with E-state index in [0.29, 0.717) is 6.54 Å². The average Bonchev–Trinajstić information content (AvgIpc) is 3.64. The third kappa shape index (κ3) is 5.06. The van der Waals surface area contributed by atoms with Crippen LogP contribution in [0.2, 0.25) is 0 Å². The molecule has 9 heteroatoms. The maximum absolute atomic E-state index is 12.8. The number of hydrogen-bond acceptors (Lipinski definition) is 7. The van der Waals surface area contributed by atoms with Crippen LogP contribution in [0.25, 0.3) is 32.2 Å². The summed E-state index contributed by atoms with van der Waals surface area (Å²) < 4.78 is 3.25. The average molecular weight is 558 g/mol. The second-order valence-corrected chi connectivity index (χ2v) is 12.3. The van der Waals surface area contributed by atoms with E-state index in [1.54, 1.807) is 11.3 Å². The van der Waals surface area contributed by atoms with E-state index < -0.39 is 0 Å². The van der Waals surface area contributed by atoms with E-state index in [1.165, 1.54) is 50.9 Å². The van der Waals surface area contributed by atoms with Crippen LogP contribution in [-0.2, 0) is 24.2 Å². The summed E-state index contributed by atoms with van der Waals surface area (Å²) in [6.45, 7) is 6.61. The molecule has 3 aromatic heterocycles. The van der Waals surface area contributed by atoms with Crippen LogP contribution in [0.3, 0.4) is 0 Å². The van der Waals surface area contributed by atoms with E-state index in [1.807, 2.05) is 41.7 Å². The molecule has 1 aliphatic carbocycles. The minimum atomic E-state index is -0.0826. The Morgan fingerprint density at radius 3 is 2.84 bits per heavy atom. The molecule has 0 fully saturated rings. The van der Waals surface area contributed by atoms with Crippen molar-refractivity contribution in [3.05, 3.63) is 76.5 Å². The van der Waals surface area contributed by atoms with Crippen LogP contribution < -0.4 is 5.32 Å². The molecule has 1 aliphatic rings. The number of thiazole rings is 1. The van der Waals surface area contributed by atoms with E-state index in [0.717, 1.165) is 45.6 Å². The van der Waals surface area contributed by atoms with Crippen molar-refractivity contribution in [2.45, 2.75) is 44.3 Å². The molecule has 0 aliphatic heterocycles. The number of anilines is 1. The van der Waals surface area contributed by atoms with Crippen molar-refractivity contribution in [2.24, 2.45) is 0 Å². The summed E-state index contributed by atoms with van der Waals surface area (Å²) in [7, 11) is 0. The fraction of sp³-hybridized carbons (Fsp3) is 0.241. The molecular formula is C29H27N5OS3. The molecule has 0 spiro atoms. The van der Waals surface area contributed by atoms with Crippen molar-refractivity contribution < 1.29 is 4.79 Å². The Balaban J connectivity index is 1.12. The van der Waals surface area contributed by atoms with E-state index in [9.17, 15) is 4.79 Å². The Labute approximate surface area is 233 Å². The van der Waals surface area contributed by atoms with Crippen LogP contribution in [0, 0.1) is 6.92 Å². The normalized spacial score (nSPS) is 13.0. The lowest BCUT2D eigenvalue weighted by Gasteiger charge is -2.13. The predicted molar refractivity (Wildman–Crippen MR) is 159 cm³/mol. The zero-order chi connectivity index (χ0) is 26.1. The lowest BCUT2D eigenvalue weighted by molar-refractivity contribution is -0.113. The number of carbonyl (C=O) groups is 1. The first-order chi connectivity index (χ1) is 18.6. The number of fused-ring (bicyclic) bond motifs is 2. The van der Waals surface area contributed by atoms with Gasteiger partial charge in [-0.3, -0.25) is 9.36 Å². The first kappa shape index (κ1) is 25.0. The van der Waals surface area contributed by atoms with Gasteiger partial charge in [-0.05, 0) is 80.1 Å². The zero-order valence-electron chi connectivity index (χ0n) is 21.1. The summed E-state index contributed by atoms with van der Waals surface area (Å²) in [6.07, 6.45) is 6.57. The number of thioether (sulfide) groups is 1. The van der Waals surface area contributed by atoms with Crippen LogP contribution in [0.1, 0.15) is 28.8 Å². The molecule has 192 valence electrons. The van der Waals surface area contributed by atoms with E-state index in [-0.39, 0.29) is 11.7 Å². The lowest BCUT2D eigenvalue weighted by atomic mass is 9.95. The minimum Gasteiger partial charge on any atom is -0.325 e. The third-order valence-corrected chi connectivity index (χ3v) is 9.75. The van der Waals surface area contributed by atoms with Gasteiger partial charge in [-0.2, -0.15) is 0 Å². The van der Waals surface area contributed by atoms with Crippen molar-refractivity contribution in [2.75, 3.05) is 11.1 Å². The number of thiophene rings is 1. The van der Waals surface area contributed by atoms with E-state index in [2.05, 4.69) is 57.2 Å². The molecule has 0 unspecified atom stereocenters. The van der Waals surface area contributed by atoms with Crippen molar-refractivity contribution in [1.82, 2.24) is 19.7 Å². The fourth-order valence-corrected chi connectivity index (χ4v) is 7.69. The van der Waals surface area contributed by atoms with Gasteiger partial charge in [0.05, 0.1) is 16.0 Å². The van der Waals surface area contributed by atoms with Gasteiger partial charge in [0.1, 0.15) is 5.01 Å². The molecule has 0 radical (unpaired) electrons. The topological polar surface area (TPSA) is 72.7 Å². The molecule has 0 bridgehead atoms. The highest BCUT2D eigenvalue weighted by Crippen LogP contribution is 2.37. The highest BCUT2D eigenvalue weighted by atomic mass is 32.2.